The van der Waals surface area contributed by atoms with Crippen LogP contribution in [0.25, 0.3) is 10.9 Å². The summed E-state index contributed by atoms with van der Waals surface area (Å²) < 4.78 is 55.6. The maximum Gasteiger partial charge on any atom is 0.410 e. The van der Waals surface area contributed by atoms with Crippen LogP contribution in [0.4, 0.5) is 20.7 Å². The number of aromatic nitrogens is 3. The molecule has 1 unspecified atom stereocenters. The molecular weight excluding hydrogens is 633 g/mol. The van der Waals surface area contributed by atoms with Crippen LogP contribution in [-0.2, 0) is 29.8 Å². The average molecular weight is 674 g/mol. The molecule has 1 fully saturated rings. The number of likely N-dealkylation sites (tertiary alicyclic amines) is 1. The Morgan fingerprint density at radius 3 is 2.34 bits per heavy atom. The number of carbonyl (C=O) groups excluding carboxylic acids is 2. The summed E-state index contributed by atoms with van der Waals surface area (Å²) in [5, 5.41) is 17.5. The second kappa shape index (κ2) is 13.0. The molecule has 0 aliphatic carbocycles. The van der Waals surface area contributed by atoms with Gasteiger partial charge in [0.05, 0.1) is 23.5 Å². The summed E-state index contributed by atoms with van der Waals surface area (Å²) in [6.45, 7) is 12.1. The van der Waals surface area contributed by atoms with Crippen molar-refractivity contribution in [1.29, 1.82) is 5.26 Å². The fourth-order valence-corrected chi connectivity index (χ4v) is 6.49. The lowest BCUT2D eigenvalue weighted by atomic mass is 9.85. The number of piperidine rings is 1. The number of carbonyl (C=O) groups is 2. The van der Waals surface area contributed by atoms with E-state index in [9.17, 15) is 28.1 Å². The minimum atomic E-state index is -4.46. The third kappa shape index (κ3) is 8.09. The first kappa shape index (κ1) is 35.4. The van der Waals surface area contributed by atoms with Crippen molar-refractivity contribution in [1.82, 2.24) is 24.4 Å². The van der Waals surface area contributed by atoms with Gasteiger partial charge in [0.15, 0.2) is 5.82 Å². The summed E-state index contributed by atoms with van der Waals surface area (Å²) in [6.07, 6.45) is 1.72. The molecule has 254 valence electrons. The number of benzene rings is 1. The highest BCUT2D eigenvalue weighted by Gasteiger charge is 2.41. The standard InChI is InChI=1S/C31H40FN7O7S/c1-19(27(41)45-29(2,3)4)37-47(43,44)23-9-8-20(18-21(23)32)35-25-24-22(10-15-34-26(24)40)39(36-25)31(11-14-33)12-16-38(17-13-31)28(42)46-30(5,6)7/h8-10,15,18-19,37H,11-13,16-17H2,1-7H3,(H,34,40)(H,35,36). The summed E-state index contributed by atoms with van der Waals surface area (Å²) in [5.41, 5.74) is -2.38. The first-order valence-electron chi connectivity index (χ1n) is 15.0. The van der Waals surface area contributed by atoms with E-state index in [1.807, 2.05) is 0 Å². The molecule has 1 atom stereocenters. The van der Waals surface area contributed by atoms with E-state index in [2.05, 4.69) is 26.2 Å². The Morgan fingerprint density at radius 2 is 1.77 bits per heavy atom. The Morgan fingerprint density at radius 1 is 1.13 bits per heavy atom. The lowest BCUT2D eigenvalue weighted by Gasteiger charge is -2.41. The zero-order chi connectivity index (χ0) is 34.9. The fourth-order valence-electron chi connectivity index (χ4n) is 5.24. The minimum Gasteiger partial charge on any atom is -0.459 e. The van der Waals surface area contributed by atoms with Crippen LogP contribution >= 0.6 is 0 Å². The largest absolute Gasteiger partial charge is 0.459 e. The Labute approximate surface area is 272 Å². The molecule has 3 N–H and O–H groups in total. The van der Waals surface area contributed by atoms with E-state index >= 15 is 4.39 Å². The topological polar surface area (TPSA) is 189 Å². The van der Waals surface area contributed by atoms with Gasteiger partial charge in [0.1, 0.15) is 33.3 Å². The average Bonchev–Trinajstić information content (AvgIpc) is 3.31. The van der Waals surface area contributed by atoms with Gasteiger partial charge < -0.3 is 24.7 Å². The van der Waals surface area contributed by atoms with E-state index in [0.29, 0.717) is 18.4 Å². The molecule has 1 amide bonds. The van der Waals surface area contributed by atoms with Crippen molar-refractivity contribution in [3.8, 4) is 6.07 Å². The molecule has 0 radical (unpaired) electrons. The van der Waals surface area contributed by atoms with Crippen LogP contribution in [0.3, 0.4) is 0 Å². The number of anilines is 2. The van der Waals surface area contributed by atoms with Gasteiger partial charge in [0.2, 0.25) is 10.0 Å². The molecule has 1 saturated heterocycles. The normalized spacial score (nSPS) is 15.9. The van der Waals surface area contributed by atoms with Gasteiger partial charge in [0, 0.05) is 25.0 Å². The second-order valence-electron chi connectivity index (χ2n) is 13.5. The first-order valence-corrected chi connectivity index (χ1v) is 16.5. The number of aromatic amines is 1. The lowest BCUT2D eigenvalue weighted by Crippen LogP contribution is -2.49. The van der Waals surface area contributed by atoms with Crippen LogP contribution in [0.2, 0.25) is 0 Å². The van der Waals surface area contributed by atoms with Crippen LogP contribution in [0.15, 0.2) is 40.2 Å². The molecule has 47 heavy (non-hydrogen) atoms. The van der Waals surface area contributed by atoms with Gasteiger partial charge in [-0.25, -0.2) is 17.6 Å². The number of nitrogens with zero attached hydrogens (tertiary/aromatic N) is 4. The molecular formula is C31H40FN7O7S. The number of hydrogen-bond acceptors (Lipinski definition) is 10. The molecule has 4 rings (SSSR count). The van der Waals surface area contributed by atoms with Gasteiger partial charge in [-0.05, 0) is 85.6 Å². The summed E-state index contributed by atoms with van der Waals surface area (Å²) in [4.78, 5) is 41.5. The number of amides is 1. The maximum absolute atomic E-state index is 15.3. The van der Waals surface area contributed by atoms with Gasteiger partial charge in [-0.1, -0.05) is 0 Å². The molecule has 0 spiro atoms. The van der Waals surface area contributed by atoms with Crippen molar-refractivity contribution in [2.45, 2.75) is 95.4 Å². The zero-order valence-corrected chi connectivity index (χ0v) is 28.2. The predicted octanol–water partition coefficient (Wildman–Crippen LogP) is 4.26. The lowest BCUT2D eigenvalue weighted by molar-refractivity contribution is -0.156. The van der Waals surface area contributed by atoms with Gasteiger partial charge in [-0.2, -0.15) is 15.1 Å². The zero-order valence-electron chi connectivity index (χ0n) is 27.4. The first-order chi connectivity index (χ1) is 21.7. The van der Waals surface area contributed by atoms with Crippen molar-refractivity contribution in [2.24, 2.45) is 0 Å². The van der Waals surface area contributed by atoms with Crippen molar-refractivity contribution in [3.05, 3.63) is 46.6 Å². The molecule has 1 aliphatic rings. The van der Waals surface area contributed by atoms with E-state index in [1.54, 1.807) is 57.2 Å². The van der Waals surface area contributed by atoms with Crippen molar-refractivity contribution >= 4 is 44.5 Å². The summed E-state index contributed by atoms with van der Waals surface area (Å²) in [6, 6.07) is 5.82. The highest BCUT2D eigenvalue weighted by Crippen LogP contribution is 2.38. The monoisotopic (exact) mass is 673 g/mol. The summed E-state index contributed by atoms with van der Waals surface area (Å²) >= 11 is 0. The van der Waals surface area contributed by atoms with Crippen LogP contribution in [-0.4, -0.2) is 70.5 Å². The Hall–Kier alpha value is -4.49. The molecule has 2 aromatic heterocycles. The molecule has 14 nitrogen and oxygen atoms in total. The smallest absolute Gasteiger partial charge is 0.410 e. The summed E-state index contributed by atoms with van der Waals surface area (Å²) in [5.74, 6) is -1.88. The van der Waals surface area contributed by atoms with E-state index < -0.39 is 61.1 Å². The predicted molar refractivity (Wildman–Crippen MR) is 171 cm³/mol. The number of hydrogen-bond donors (Lipinski definition) is 3. The van der Waals surface area contributed by atoms with E-state index in [4.69, 9.17) is 9.47 Å². The van der Waals surface area contributed by atoms with Crippen LogP contribution < -0.4 is 15.6 Å². The fraction of sp³-hybridized carbons (Fsp3) is 0.516. The highest BCUT2D eigenvalue weighted by atomic mass is 32.2. The van der Waals surface area contributed by atoms with Crippen LogP contribution in [0, 0.1) is 17.1 Å². The van der Waals surface area contributed by atoms with E-state index in [-0.39, 0.29) is 36.4 Å². The third-order valence-corrected chi connectivity index (χ3v) is 8.96. The number of H-pyrrole nitrogens is 1. The van der Waals surface area contributed by atoms with Crippen LogP contribution in [0.1, 0.15) is 67.7 Å². The van der Waals surface area contributed by atoms with Gasteiger partial charge in [-0.3, -0.25) is 14.3 Å². The number of ether oxygens (including phenoxy) is 2. The number of pyridine rings is 1. The number of halogens is 1. The molecule has 16 heteroatoms. The molecule has 0 saturated carbocycles. The number of esters is 1. The summed E-state index contributed by atoms with van der Waals surface area (Å²) in [7, 11) is -4.46. The number of nitriles is 1. The second-order valence-corrected chi connectivity index (χ2v) is 15.2. The number of sulfonamides is 1. The molecule has 1 aliphatic heterocycles. The van der Waals surface area contributed by atoms with Crippen molar-refractivity contribution < 1.29 is 31.9 Å². The van der Waals surface area contributed by atoms with Crippen LogP contribution in [0.5, 0.6) is 0 Å². The Kier molecular flexibility index (Phi) is 9.75. The van der Waals surface area contributed by atoms with Gasteiger partial charge in [-0.15, -0.1) is 0 Å². The maximum atomic E-state index is 15.3. The van der Waals surface area contributed by atoms with E-state index in [1.165, 1.54) is 19.2 Å². The Balaban J connectivity index is 1.63. The van der Waals surface area contributed by atoms with Gasteiger partial charge >= 0.3 is 12.1 Å². The van der Waals surface area contributed by atoms with Crippen molar-refractivity contribution in [3.63, 3.8) is 0 Å². The number of fused-ring (bicyclic) bond motifs is 1. The SMILES string of the molecule is CC(NS(=O)(=O)c1ccc(Nc2nn(C3(CC#N)CCN(C(=O)OC(C)(C)C)CC3)c3cc[nH]c(=O)c23)cc1F)C(=O)OC(C)(C)C. The quantitative estimate of drug-likeness (QED) is 0.292. The number of rotatable bonds is 8. The molecule has 3 heterocycles. The highest BCUT2D eigenvalue weighted by molar-refractivity contribution is 7.89. The number of nitrogens with one attached hydrogen (secondary N) is 3. The molecule has 0 bridgehead atoms. The van der Waals surface area contributed by atoms with Crippen molar-refractivity contribution in [2.75, 3.05) is 18.4 Å². The Bertz CT molecular complexity index is 1880. The van der Waals surface area contributed by atoms with E-state index in [0.717, 1.165) is 12.1 Å². The molecule has 3 aromatic rings. The minimum absolute atomic E-state index is 0.0358. The van der Waals surface area contributed by atoms with Gasteiger partial charge in [0.25, 0.3) is 5.56 Å². The molecule has 1 aromatic carbocycles. The third-order valence-electron chi connectivity index (χ3n) is 7.38.